The molecule has 1 aliphatic carbocycles. The second kappa shape index (κ2) is 13.4. The highest BCUT2D eigenvalue weighted by Crippen LogP contribution is 2.40. The number of ether oxygens (including phenoxy) is 1. The Hall–Kier alpha value is -0.780. The third-order valence-corrected chi connectivity index (χ3v) is 6.22. The van der Waals surface area contributed by atoms with E-state index in [9.17, 15) is 9.90 Å². The maximum atomic E-state index is 10.4. The zero-order valence-electron chi connectivity index (χ0n) is 16.6. The number of hydrogen-bond donors (Lipinski definition) is 2. The molecule has 0 radical (unpaired) electrons. The van der Waals surface area contributed by atoms with Crippen molar-refractivity contribution in [2.24, 2.45) is 11.8 Å². The molecule has 0 aliphatic heterocycles. The van der Waals surface area contributed by atoms with Crippen LogP contribution in [0.25, 0.3) is 0 Å². The maximum absolute atomic E-state index is 10.4. The summed E-state index contributed by atoms with van der Waals surface area (Å²) in [6.07, 6.45) is 11.4. The van der Waals surface area contributed by atoms with Crippen LogP contribution in [-0.2, 0) is 9.53 Å². The van der Waals surface area contributed by atoms with E-state index in [4.69, 9.17) is 9.84 Å². The minimum absolute atomic E-state index is 0.216. The second-order valence-corrected chi connectivity index (χ2v) is 8.51. The molecule has 2 N–H and O–H groups in total. The van der Waals surface area contributed by atoms with Gasteiger partial charge in [0.15, 0.2) is 0 Å². The number of unbranched alkanes of at least 4 members (excludes halogenated alkanes) is 1. The van der Waals surface area contributed by atoms with Crippen LogP contribution in [0.15, 0.2) is 22.6 Å². The Morgan fingerprint density at radius 1 is 1.42 bits per heavy atom. The molecule has 0 aromatic heterocycles. The van der Waals surface area contributed by atoms with E-state index in [1.54, 1.807) is 0 Å². The van der Waals surface area contributed by atoms with Crippen LogP contribution in [0.1, 0.15) is 65.7 Å². The molecule has 1 aliphatic rings. The van der Waals surface area contributed by atoms with Crippen molar-refractivity contribution in [3.8, 4) is 0 Å². The predicted molar refractivity (Wildman–Crippen MR) is 109 cm³/mol. The minimum Gasteiger partial charge on any atom is -0.480 e. The van der Waals surface area contributed by atoms with Crippen LogP contribution in [0, 0.1) is 11.8 Å². The van der Waals surface area contributed by atoms with Crippen LogP contribution in [-0.4, -0.2) is 41.3 Å². The fourth-order valence-corrected chi connectivity index (χ4v) is 4.52. The monoisotopic (exact) mass is 384 g/mol. The van der Waals surface area contributed by atoms with Crippen molar-refractivity contribution in [1.29, 1.82) is 0 Å². The molecule has 0 unspecified atom stereocenters. The van der Waals surface area contributed by atoms with Gasteiger partial charge in [-0.05, 0) is 49.2 Å². The zero-order chi connectivity index (χ0) is 19.4. The van der Waals surface area contributed by atoms with Crippen LogP contribution >= 0.6 is 11.8 Å². The van der Waals surface area contributed by atoms with Crippen molar-refractivity contribution >= 4 is 17.7 Å². The number of carbonyl (C=O) groups is 1. The molecule has 0 aromatic carbocycles. The average Bonchev–Trinajstić information content (AvgIpc) is 2.94. The van der Waals surface area contributed by atoms with Gasteiger partial charge in [0.2, 0.25) is 0 Å². The molecule has 4 nitrogen and oxygen atoms in total. The van der Waals surface area contributed by atoms with Gasteiger partial charge >= 0.3 is 5.97 Å². The summed E-state index contributed by atoms with van der Waals surface area (Å²) >= 11 is 1.86. The van der Waals surface area contributed by atoms with E-state index in [0.717, 1.165) is 31.4 Å². The van der Waals surface area contributed by atoms with Gasteiger partial charge in [0, 0.05) is 12.5 Å². The molecule has 0 heterocycles. The first kappa shape index (κ1) is 23.3. The number of aliphatic hydroxyl groups is 1. The number of allylic oxidation sites excluding steroid dienone is 3. The van der Waals surface area contributed by atoms with Crippen molar-refractivity contribution in [3.05, 3.63) is 22.6 Å². The third-order valence-electron chi connectivity index (χ3n) is 4.76. The summed E-state index contributed by atoms with van der Waals surface area (Å²) in [7, 11) is 0. The molecule has 0 saturated heterocycles. The molecule has 0 spiro atoms. The largest absolute Gasteiger partial charge is 0.480 e. The number of hydrogen-bond acceptors (Lipinski definition) is 4. The highest BCUT2D eigenvalue weighted by molar-refractivity contribution is 8.03. The fourth-order valence-electron chi connectivity index (χ4n) is 3.28. The molecular weight excluding hydrogens is 348 g/mol. The lowest BCUT2D eigenvalue weighted by Gasteiger charge is -2.15. The van der Waals surface area contributed by atoms with Gasteiger partial charge in [0.05, 0.1) is 6.10 Å². The van der Waals surface area contributed by atoms with Crippen LogP contribution in [0.4, 0.5) is 0 Å². The van der Waals surface area contributed by atoms with E-state index in [1.807, 2.05) is 17.8 Å². The van der Waals surface area contributed by atoms with Crippen LogP contribution in [0.3, 0.4) is 0 Å². The molecule has 0 fully saturated rings. The standard InChI is InChI=1S/C21H36O4S/c1-4-5-7-16(2)14-19(22)11-10-18-9-8-17(3)21(18)26-13-6-12-25-15-20(23)24/h10-11,16,18-19,22H,4-9,12-15H2,1-3H3,(H,23,24)/t16-,18-,19-/m1/s1. The number of rotatable bonds is 14. The van der Waals surface area contributed by atoms with Crippen LogP contribution in [0.5, 0.6) is 0 Å². The fraction of sp³-hybridized carbons (Fsp3) is 0.762. The van der Waals surface area contributed by atoms with Crippen LogP contribution < -0.4 is 0 Å². The van der Waals surface area contributed by atoms with Gasteiger partial charge in [-0.3, -0.25) is 0 Å². The maximum Gasteiger partial charge on any atom is 0.329 e. The Balaban J connectivity index is 2.35. The Morgan fingerprint density at radius 2 is 2.19 bits per heavy atom. The molecule has 0 saturated carbocycles. The van der Waals surface area contributed by atoms with Crippen molar-refractivity contribution in [2.75, 3.05) is 19.0 Å². The molecule has 150 valence electrons. The van der Waals surface area contributed by atoms with Gasteiger partial charge in [0.25, 0.3) is 0 Å². The van der Waals surface area contributed by atoms with E-state index < -0.39 is 5.97 Å². The SMILES string of the molecule is CCCC[C@@H](C)C[C@H](O)C=C[C@H]1CCC(C)=C1SCCCOCC(=O)O. The van der Waals surface area contributed by atoms with Crippen molar-refractivity contribution < 1.29 is 19.7 Å². The van der Waals surface area contributed by atoms with E-state index >= 15 is 0 Å². The lowest BCUT2D eigenvalue weighted by molar-refractivity contribution is -0.142. The highest BCUT2D eigenvalue weighted by atomic mass is 32.2. The summed E-state index contributed by atoms with van der Waals surface area (Å²) < 4.78 is 5.08. The summed E-state index contributed by atoms with van der Waals surface area (Å²) in [5.74, 6) is 1.00. The smallest absolute Gasteiger partial charge is 0.329 e. The van der Waals surface area contributed by atoms with E-state index in [-0.39, 0.29) is 12.7 Å². The van der Waals surface area contributed by atoms with Crippen molar-refractivity contribution in [3.63, 3.8) is 0 Å². The molecule has 0 amide bonds. The Kier molecular flexibility index (Phi) is 12.0. The summed E-state index contributed by atoms with van der Waals surface area (Å²) in [6, 6.07) is 0. The van der Waals surface area contributed by atoms with Gasteiger partial charge in [0.1, 0.15) is 6.61 Å². The molecule has 5 heteroatoms. The first-order chi connectivity index (χ1) is 12.4. The lowest BCUT2D eigenvalue weighted by atomic mass is 9.96. The second-order valence-electron chi connectivity index (χ2n) is 7.37. The summed E-state index contributed by atoms with van der Waals surface area (Å²) in [5, 5.41) is 18.8. The first-order valence-corrected chi connectivity index (χ1v) is 10.9. The first-order valence-electron chi connectivity index (χ1n) is 9.92. The van der Waals surface area contributed by atoms with Gasteiger partial charge in [-0.15, -0.1) is 11.8 Å². The van der Waals surface area contributed by atoms with Crippen molar-refractivity contribution in [2.45, 2.75) is 71.8 Å². The van der Waals surface area contributed by atoms with E-state index in [2.05, 4.69) is 26.8 Å². The molecule has 0 aromatic rings. The highest BCUT2D eigenvalue weighted by Gasteiger charge is 2.21. The number of aliphatic hydroxyl groups excluding tert-OH is 1. The summed E-state index contributed by atoms with van der Waals surface area (Å²) in [5.41, 5.74) is 1.45. The Labute approximate surface area is 163 Å². The van der Waals surface area contributed by atoms with Crippen LogP contribution in [0.2, 0.25) is 0 Å². The summed E-state index contributed by atoms with van der Waals surface area (Å²) in [4.78, 5) is 11.8. The number of carboxylic acids is 1. The number of aliphatic carboxylic acids is 1. The van der Waals surface area contributed by atoms with Gasteiger partial charge in [-0.25, -0.2) is 4.79 Å². The van der Waals surface area contributed by atoms with Gasteiger partial charge in [-0.1, -0.05) is 50.8 Å². The quantitative estimate of drug-likeness (QED) is 0.325. The normalized spacial score (nSPS) is 20.1. The Bertz CT molecular complexity index is 473. The Morgan fingerprint density at radius 3 is 2.88 bits per heavy atom. The molecule has 26 heavy (non-hydrogen) atoms. The van der Waals surface area contributed by atoms with Gasteiger partial charge in [-0.2, -0.15) is 0 Å². The molecule has 3 atom stereocenters. The van der Waals surface area contributed by atoms with E-state index in [0.29, 0.717) is 18.4 Å². The molecular formula is C21H36O4S. The van der Waals surface area contributed by atoms with E-state index in [1.165, 1.54) is 29.7 Å². The zero-order valence-corrected chi connectivity index (χ0v) is 17.4. The number of carboxylic acid groups (broad SMARTS) is 1. The lowest BCUT2D eigenvalue weighted by Crippen LogP contribution is -2.09. The molecule has 0 bridgehead atoms. The van der Waals surface area contributed by atoms with Gasteiger partial charge < -0.3 is 14.9 Å². The predicted octanol–water partition coefficient (Wildman–Crippen LogP) is 5.03. The number of thioether (sulfide) groups is 1. The average molecular weight is 385 g/mol. The minimum atomic E-state index is -0.917. The third kappa shape index (κ3) is 9.79. The molecule has 1 rings (SSSR count). The summed E-state index contributed by atoms with van der Waals surface area (Å²) in [6.45, 7) is 6.89. The van der Waals surface area contributed by atoms with Crippen molar-refractivity contribution in [1.82, 2.24) is 0 Å². The topological polar surface area (TPSA) is 66.8 Å².